The lowest BCUT2D eigenvalue weighted by molar-refractivity contribution is -0.192. The Morgan fingerprint density at radius 3 is 2.27 bits per heavy atom. The van der Waals surface area contributed by atoms with Gasteiger partial charge in [0.1, 0.15) is 11.5 Å². The zero-order valence-corrected chi connectivity index (χ0v) is 16.7. The molecule has 0 saturated carbocycles. The number of nitrogens with zero attached hydrogens (tertiary/aromatic N) is 4. The van der Waals surface area contributed by atoms with Gasteiger partial charge in [0, 0.05) is 49.4 Å². The minimum absolute atomic E-state index is 0.105. The Labute approximate surface area is 181 Å². The van der Waals surface area contributed by atoms with E-state index >= 15 is 0 Å². The van der Waals surface area contributed by atoms with Crippen molar-refractivity contribution in [1.29, 1.82) is 0 Å². The van der Waals surface area contributed by atoms with Crippen molar-refractivity contribution >= 4 is 17.5 Å². The Balaban J connectivity index is 0.000000383. The molecule has 1 saturated heterocycles. The van der Waals surface area contributed by atoms with Gasteiger partial charge < -0.3 is 19.4 Å². The van der Waals surface area contributed by atoms with Gasteiger partial charge in [0.2, 0.25) is 0 Å². The summed E-state index contributed by atoms with van der Waals surface area (Å²) in [5.74, 6) is -1.73. The van der Waals surface area contributed by atoms with Crippen LogP contribution in [-0.4, -0.2) is 60.5 Å². The predicted octanol–water partition coefficient (Wildman–Crippen LogP) is 3.73. The predicted molar refractivity (Wildman–Crippen MR) is 100 cm³/mol. The number of aliphatic carboxylic acids is 1. The molecule has 0 radical (unpaired) electrons. The molecule has 0 bridgehead atoms. The minimum atomic E-state index is -5.08. The number of alkyl halides is 6. The second-order valence-electron chi connectivity index (χ2n) is 7.15. The molecule has 178 valence electrons. The van der Waals surface area contributed by atoms with Gasteiger partial charge in [-0.1, -0.05) is 0 Å². The van der Waals surface area contributed by atoms with Crippen molar-refractivity contribution in [3.8, 4) is 0 Å². The van der Waals surface area contributed by atoms with Gasteiger partial charge in [0.05, 0.1) is 0 Å². The second kappa shape index (κ2) is 9.11. The van der Waals surface area contributed by atoms with Crippen LogP contribution in [0.1, 0.15) is 40.6 Å². The molecule has 33 heavy (non-hydrogen) atoms. The summed E-state index contributed by atoms with van der Waals surface area (Å²) in [7, 11) is 0. The first-order valence-electron chi connectivity index (χ1n) is 9.51. The third kappa shape index (κ3) is 5.81. The molecule has 0 atom stereocenters. The van der Waals surface area contributed by atoms with Crippen molar-refractivity contribution in [2.24, 2.45) is 0 Å². The average molecular weight is 477 g/mol. The number of nitrogens with one attached hydrogen (secondary N) is 1. The second-order valence-corrected chi connectivity index (χ2v) is 7.15. The molecule has 1 amide bonds. The molecule has 1 aliphatic rings. The summed E-state index contributed by atoms with van der Waals surface area (Å²) in [6, 6.07) is 2.92. The van der Waals surface area contributed by atoms with Crippen molar-refractivity contribution in [3.63, 3.8) is 0 Å². The van der Waals surface area contributed by atoms with Gasteiger partial charge in [0.25, 0.3) is 5.91 Å². The van der Waals surface area contributed by atoms with Crippen LogP contribution in [0.15, 0.2) is 36.9 Å². The third-order valence-corrected chi connectivity index (χ3v) is 4.93. The summed E-state index contributed by atoms with van der Waals surface area (Å²) >= 11 is 0. The number of halogens is 6. The number of amides is 1. The smallest absolute Gasteiger partial charge is 0.475 e. The van der Waals surface area contributed by atoms with Gasteiger partial charge in [-0.15, -0.1) is 0 Å². The number of carbonyl (C=O) groups excluding carboxylic acids is 1. The highest BCUT2D eigenvalue weighted by Gasteiger charge is 2.38. The first-order chi connectivity index (χ1) is 15.4. The monoisotopic (exact) mass is 477 g/mol. The number of piperidine rings is 1. The number of fused-ring (bicyclic) bond motifs is 1. The fourth-order valence-electron chi connectivity index (χ4n) is 3.29. The Kier molecular flexibility index (Phi) is 6.65. The van der Waals surface area contributed by atoms with Gasteiger partial charge in [-0.25, -0.2) is 14.8 Å². The highest BCUT2D eigenvalue weighted by atomic mass is 19.4. The number of hydrogen-bond donors (Lipinski definition) is 2. The molecule has 8 nitrogen and oxygen atoms in total. The van der Waals surface area contributed by atoms with E-state index in [1.807, 2.05) is 0 Å². The Hall–Kier alpha value is -3.58. The number of aromatic nitrogens is 4. The normalized spacial score (nSPS) is 15.3. The van der Waals surface area contributed by atoms with Crippen molar-refractivity contribution in [3.05, 3.63) is 54.0 Å². The van der Waals surface area contributed by atoms with E-state index in [0.29, 0.717) is 18.7 Å². The van der Waals surface area contributed by atoms with Crippen LogP contribution in [0, 0.1) is 0 Å². The maximum atomic E-state index is 12.8. The summed E-state index contributed by atoms with van der Waals surface area (Å²) < 4.78 is 71.3. The quantitative estimate of drug-likeness (QED) is 0.548. The number of likely N-dealkylation sites (tertiary alicyclic amines) is 1. The largest absolute Gasteiger partial charge is 0.490 e. The van der Waals surface area contributed by atoms with Gasteiger partial charge >= 0.3 is 18.3 Å². The number of hydrogen-bond acceptors (Lipinski definition) is 4. The molecule has 3 aromatic heterocycles. The summed E-state index contributed by atoms with van der Waals surface area (Å²) in [6.07, 6.45) is -2.17. The molecule has 1 aliphatic heterocycles. The highest BCUT2D eigenvalue weighted by molar-refractivity contribution is 5.95. The van der Waals surface area contributed by atoms with E-state index in [0.717, 1.165) is 24.9 Å². The van der Waals surface area contributed by atoms with E-state index in [2.05, 4.69) is 15.0 Å². The number of rotatable bonds is 2. The van der Waals surface area contributed by atoms with Crippen molar-refractivity contribution in [2.75, 3.05) is 13.1 Å². The van der Waals surface area contributed by atoms with E-state index in [9.17, 15) is 31.1 Å². The van der Waals surface area contributed by atoms with Crippen LogP contribution in [-0.2, 0) is 11.0 Å². The Morgan fingerprint density at radius 1 is 1.12 bits per heavy atom. The van der Waals surface area contributed by atoms with Crippen LogP contribution in [0.4, 0.5) is 26.3 Å². The zero-order valence-electron chi connectivity index (χ0n) is 16.7. The third-order valence-electron chi connectivity index (χ3n) is 4.93. The highest BCUT2D eigenvalue weighted by Crippen LogP contribution is 2.29. The number of carbonyl (C=O) groups is 2. The van der Waals surface area contributed by atoms with Crippen LogP contribution >= 0.6 is 0 Å². The minimum Gasteiger partial charge on any atom is -0.475 e. The van der Waals surface area contributed by atoms with Crippen LogP contribution in [0.3, 0.4) is 0 Å². The molecule has 0 aliphatic carbocycles. The maximum absolute atomic E-state index is 12.8. The van der Waals surface area contributed by atoms with Gasteiger partial charge in [-0.2, -0.15) is 26.3 Å². The van der Waals surface area contributed by atoms with Crippen molar-refractivity contribution < 1.29 is 41.0 Å². The number of carboxylic acid groups (broad SMARTS) is 1. The maximum Gasteiger partial charge on any atom is 0.490 e. The molecule has 2 N–H and O–H groups in total. The summed E-state index contributed by atoms with van der Waals surface area (Å²) in [5, 5.41) is 7.12. The number of H-pyrrole nitrogens is 1. The lowest BCUT2D eigenvalue weighted by Gasteiger charge is -2.31. The molecule has 14 heteroatoms. The molecular weight excluding hydrogens is 460 g/mol. The molecule has 0 unspecified atom stereocenters. The van der Waals surface area contributed by atoms with Crippen LogP contribution in [0.2, 0.25) is 0 Å². The molecule has 3 aromatic rings. The lowest BCUT2D eigenvalue weighted by Crippen LogP contribution is -2.38. The van der Waals surface area contributed by atoms with E-state index in [1.165, 1.54) is 22.7 Å². The number of imidazole rings is 2. The topological polar surface area (TPSA) is 104 Å². The molecular formula is C19H17F6N5O3. The van der Waals surface area contributed by atoms with Crippen LogP contribution in [0.5, 0.6) is 0 Å². The fraction of sp³-hybridized carbons (Fsp3) is 0.368. The van der Waals surface area contributed by atoms with Crippen LogP contribution < -0.4 is 0 Å². The number of carboxylic acids is 1. The van der Waals surface area contributed by atoms with E-state index in [-0.39, 0.29) is 17.5 Å². The van der Waals surface area contributed by atoms with Crippen LogP contribution in [0.25, 0.3) is 5.65 Å². The first-order valence-corrected chi connectivity index (χ1v) is 9.51. The molecule has 0 spiro atoms. The summed E-state index contributed by atoms with van der Waals surface area (Å²) in [6.45, 7) is 1.16. The Morgan fingerprint density at radius 2 is 1.76 bits per heavy atom. The first kappa shape index (κ1) is 24.1. The van der Waals surface area contributed by atoms with Gasteiger partial charge in [-0.05, 0) is 25.0 Å². The number of pyridine rings is 1. The summed E-state index contributed by atoms with van der Waals surface area (Å²) in [5.41, 5.74) is -0.525. The van der Waals surface area contributed by atoms with Gasteiger partial charge in [0.15, 0.2) is 5.69 Å². The summed E-state index contributed by atoms with van der Waals surface area (Å²) in [4.78, 5) is 34.2. The SMILES string of the molecule is O=C(O)C(F)(F)F.O=C(c1ccn2cc(C(F)(F)F)nc2c1)N1CCC(c2ncc[nH]2)CC1. The lowest BCUT2D eigenvalue weighted by atomic mass is 9.96. The number of aromatic amines is 1. The standard InChI is InChI=1S/C17H16F3N5O.C2HF3O2/c18-17(19,20)13-10-25-8-3-12(9-14(25)23-13)16(26)24-6-1-11(2-7-24)15-21-4-5-22-15;3-2(4,5)1(6)7/h3-5,8-11H,1-2,6-7H2,(H,21,22);(H,6,7). The van der Waals surface area contributed by atoms with E-state index in [1.54, 1.807) is 17.3 Å². The molecule has 1 fully saturated rings. The average Bonchev–Trinajstić information content (AvgIpc) is 3.42. The van der Waals surface area contributed by atoms with E-state index < -0.39 is 24.0 Å². The van der Waals surface area contributed by atoms with Crippen molar-refractivity contribution in [2.45, 2.75) is 31.1 Å². The van der Waals surface area contributed by atoms with E-state index in [4.69, 9.17) is 9.90 Å². The fourth-order valence-corrected chi connectivity index (χ4v) is 3.29. The van der Waals surface area contributed by atoms with Gasteiger partial charge in [-0.3, -0.25) is 4.79 Å². The van der Waals surface area contributed by atoms with Crippen molar-refractivity contribution in [1.82, 2.24) is 24.3 Å². The molecule has 0 aromatic carbocycles. The zero-order chi connectivity index (χ0) is 24.4. The molecule has 4 heterocycles. The Bertz CT molecular complexity index is 1120. The molecule has 4 rings (SSSR count).